The van der Waals surface area contributed by atoms with E-state index in [1.54, 1.807) is 12.1 Å². The molecule has 1 aromatic carbocycles. The first-order chi connectivity index (χ1) is 9.80. The second kappa shape index (κ2) is 5.47. The van der Waals surface area contributed by atoms with Crippen molar-refractivity contribution in [2.75, 3.05) is 6.61 Å². The number of hydrogen-bond acceptors (Lipinski definition) is 6. The fourth-order valence-electron chi connectivity index (χ4n) is 1.82. The Hall–Kier alpha value is -2.50. The largest absolute Gasteiger partial charge is 0.508 e. The smallest absolute Gasteiger partial charge is 0.352 e. The number of cyclic esters (lactones) is 2. The number of para-hydroxylation sites is 1. The molecule has 0 atom stereocenters. The number of hydrogen-bond donors (Lipinski definition) is 1. The van der Waals surface area contributed by atoms with Crippen molar-refractivity contribution in [1.82, 2.24) is 0 Å². The van der Waals surface area contributed by atoms with Gasteiger partial charge in [-0.05, 0) is 18.6 Å². The standard InChI is InChI=1S/C15H16O6/c1-9-6-4-5-7-11(9)19-8-10(16)12-13(17)20-15(2,3)21-14(12)18/h4-7,16H,8H2,1-3H3. The van der Waals surface area contributed by atoms with E-state index < -0.39 is 29.1 Å². The van der Waals surface area contributed by atoms with Crippen molar-refractivity contribution in [2.45, 2.75) is 26.6 Å². The fourth-order valence-corrected chi connectivity index (χ4v) is 1.82. The van der Waals surface area contributed by atoms with Gasteiger partial charge in [-0.25, -0.2) is 9.59 Å². The van der Waals surface area contributed by atoms with E-state index in [1.807, 2.05) is 19.1 Å². The highest BCUT2D eigenvalue weighted by atomic mass is 16.7. The van der Waals surface area contributed by atoms with Crippen LogP contribution in [0.15, 0.2) is 35.6 Å². The van der Waals surface area contributed by atoms with Crippen molar-refractivity contribution in [1.29, 1.82) is 0 Å². The minimum absolute atomic E-state index is 0.329. The molecule has 0 unspecified atom stereocenters. The number of benzene rings is 1. The summed E-state index contributed by atoms with van der Waals surface area (Å²) in [6.45, 7) is 4.37. The Balaban J connectivity index is 2.15. The quantitative estimate of drug-likeness (QED) is 0.397. The molecule has 21 heavy (non-hydrogen) atoms. The van der Waals surface area contributed by atoms with Gasteiger partial charge in [-0.15, -0.1) is 0 Å². The van der Waals surface area contributed by atoms with Crippen LogP contribution in [0, 0.1) is 6.92 Å². The van der Waals surface area contributed by atoms with E-state index in [4.69, 9.17) is 14.2 Å². The summed E-state index contributed by atoms with van der Waals surface area (Å²) in [7, 11) is 0. The topological polar surface area (TPSA) is 82.1 Å². The molecule has 1 aliphatic heterocycles. The van der Waals surface area contributed by atoms with Gasteiger partial charge < -0.3 is 19.3 Å². The van der Waals surface area contributed by atoms with Crippen LogP contribution in [0.1, 0.15) is 19.4 Å². The van der Waals surface area contributed by atoms with Crippen LogP contribution in [0.25, 0.3) is 0 Å². The lowest BCUT2D eigenvalue weighted by Gasteiger charge is -2.30. The van der Waals surface area contributed by atoms with E-state index in [1.165, 1.54) is 13.8 Å². The lowest BCUT2D eigenvalue weighted by molar-refractivity contribution is -0.222. The average molecular weight is 292 g/mol. The van der Waals surface area contributed by atoms with Gasteiger partial charge in [0.2, 0.25) is 0 Å². The van der Waals surface area contributed by atoms with Crippen LogP contribution in [0.3, 0.4) is 0 Å². The number of esters is 2. The zero-order chi connectivity index (χ0) is 15.6. The SMILES string of the molecule is Cc1ccccc1OCC(O)=C1C(=O)OC(C)(C)OC1=O. The number of carbonyl (C=O) groups is 2. The average Bonchev–Trinajstić information content (AvgIpc) is 2.35. The Morgan fingerprint density at radius 3 is 2.33 bits per heavy atom. The Labute approximate surface area is 121 Å². The molecule has 1 heterocycles. The molecule has 2 rings (SSSR count). The molecule has 112 valence electrons. The number of ether oxygens (including phenoxy) is 3. The number of rotatable bonds is 3. The number of carbonyl (C=O) groups excluding carboxylic acids is 2. The van der Waals surface area contributed by atoms with Gasteiger partial charge in [-0.3, -0.25) is 0 Å². The maximum atomic E-state index is 11.7. The van der Waals surface area contributed by atoms with Gasteiger partial charge in [0.1, 0.15) is 12.4 Å². The molecule has 1 fully saturated rings. The molecular weight excluding hydrogens is 276 g/mol. The van der Waals surface area contributed by atoms with Crippen molar-refractivity contribution in [3.8, 4) is 5.75 Å². The summed E-state index contributed by atoms with van der Waals surface area (Å²) in [6, 6.07) is 7.18. The summed E-state index contributed by atoms with van der Waals surface area (Å²) in [5.74, 6) is -3.18. The predicted molar refractivity (Wildman–Crippen MR) is 72.6 cm³/mol. The Kier molecular flexibility index (Phi) is 3.88. The van der Waals surface area contributed by atoms with Crippen LogP contribution in [0.4, 0.5) is 0 Å². The Morgan fingerprint density at radius 1 is 1.19 bits per heavy atom. The molecule has 0 bridgehead atoms. The molecule has 0 spiro atoms. The zero-order valence-corrected chi connectivity index (χ0v) is 12.0. The van der Waals surface area contributed by atoms with E-state index in [2.05, 4.69) is 0 Å². The molecule has 0 radical (unpaired) electrons. The Bertz CT molecular complexity index is 592. The lowest BCUT2D eigenvalue weighted by atomic mass is 10.2. The number of aryl methyl sites for hydroxylation is 1. The third-order valence-electron chi connectivity index (χ3n) is 2.83. The van der Waals surface area contributed by atoms with Gasteiger partial charge in [-0.2, -0.15) is 0 Å². The highest BCUT2D eigenvalue weighted by Gasteiger charge is 2.41. The zero-order valence-electron chi connectivity index (χ0n) is 12.0. The monoisotopic (exact) mass is 292 g/mol. The number of aliphatic hydroxyl groups excluding tert-OH is 1. The molecule has 0 saturated carbocycles. The van der Waals surface area contributed by atoms with Crippen molar-refractivity contribution in [3.05, 3.63) is 41.2 Å². The highest BCUT2D eigenvalue weighted by Crippen LogP contribution is 2.24. The molecule has 1 aromatic rings. The summed E-state index contributed by atoms with van der Waals surface area (Å²) in [5, 5.41) is 9.89. The van der Waals surface area contributed by atoms with Crippen LogP contribution in [0.2, 0.25) is 0 Å². The van der Waals surface area contributed by atoms with Gasteiger partial charge in [0.25, 0.3) is 5.79 Å². The third-order valence-corrected chi connectivity index (χ3v) is 2.83. The summed E-state index contributed by atoms with van der Waals surface area (Å²) in [6.07, 6.45) is 0. The minimum atomic E-state index is -1.34. The molecule has 6 nitrogen and oxygen atoms in total. The van der Waals surface area contributed by atoms with E-state index in [-0.39, 0.29) is 6.61 Å². The number of aliphatic hydroxyl groups is 1. The first-order valence-electron chi connectivity index (χ1n) is 6.37. The molecular formula is C15H16O6. The first-order valence-corrected chi connectivity index (χ1v) is 6.37. The normalized spacial score (nSPS) is 17.0. The van der Waals surface area contributed by atoms with E-state index in [0.717, 1.165) is 5.56 Å². The van der Waals surface area contributed by atoms with Gasteiger partial charge in [0, 0.05) is 13.8 Å². The van der Waals surface area contributed by atoms with E-state index in [9.17, 15) is 14.7 Å². The van der Waals surface area contributed by atoms with E-state index in [0.29, 0.717) is 5.75 Å². The molecule has 1 N–H and O–H groups in total. The summed E-state index contributed by atoms with van der Waals surface area (Å²) >= 11 is 0. The van der Waals surface area contributed by atoms with E-state index >= 15 is 0 Å². The predicted octanol–water partition coefficient (Wildman–Crippen LogP) is 2.02. The van der Waals surface area contributed by atoms with Crippen LogP contribution in [-0.2, 0) is 19.1 Å². The van der Waals surface area contributed by atoms with Crippen LogP contribution < -0.4 is 4.74 Å². The van der Waals surface area contributed by atoms with Crippen LogP contribution >= 0.6 is 0 Å². The Morgan fingerprint density at radius 2 is 1.76 bits per heavy atom. The maximum Gasteiger partial charge on any atom is 0.352 e. The van der Waals surface area contributed by atoms with Gasteiger partial charge >= 0.3 is 11.9 Å². The van der Waals surface area contributed by atoms with Crippen LogP contribution in [-0.4, -0.2) is 29.4 Å². The molecule has 1 aliphatic rings. The summed E-state index contributed by atoms with van der Waals surface area (Å²) in [4.78, 5) is 23.5. The van der Waals surface area contributed by atoms with Crippen molar-refractivity contribution >= 4 is 11.9 Å². The first kappa shape index (κ1) is 14.9. The van der Waals surface area contributed by atoms with Gasteiger partial charge in [0.15, 0.2) is 11.3 Å². The maximum absolute atomic E-state index is 11.7. The minimum Gasteiger partial charge on any atom is -0.508 e. The van der Waals surface area contributed by atoms with Crippen molar-refractivity contribution in [2.24, 2.45) is 0 Å². The third kappa shape index (κ3) is 3.34. The summed E-state index contributed by atoms with van der Waals surface area (Å²) in [5.41, 5.74) is 0.327. The highest BCUT2D eigenvalue weighted by molar-refractivity contribution is 6.15. The molecule has 1 saturated heterocycles. The lowest BCUT2D eigenvalue weighted by Crippen LogP contribution is -2.42. The second-order valence-electron chi connectivity index (χ2n) is 5.05. The van der Waals surface area contributed by atoms with Crippen molar-refractivity contribution in [3.63, 3.8) is 0 Å². The summed E-state index contributed by atoms with van der Waals surface area (Å²) < 4.78 is 15.2. The van der Waals surface area contributed by atoms with Gasteiger partial charge in [0.05, 0.1) is 0 Å². The molecule has 6 heteroatoms. The molecule has 0 aliphatic carbocycles. The fraction of sp³-hybridized carbons (Fsp3) is 0.333. The molecule has 0 amide bonds. The van der Waals surface area contributed by atoms with Gasteiger partial charge in [-0.1, -0.05) is 18.2 Å². The molecule has 0 aromatic heterocycles. The van der Waals surface area contributed by atoms with Crippen LogP contribution in [0.5, 0.6) is 5.75 Å². The van der Waals surface area contributed by atoms with Crippen molar-refractivity contribution < 1.29 is 28.9 Å². The second-order valence-corrected chi connectivity index (χ2v) is 5.05.